The van der Waals surface area contributed by atoms with Crippen LogP contribution in [0.1, 0.15) is 29.3 Å². The van der Waals surface area contributed by atoms with Crippen LogP contribution >= 0.6 is 11.3 Å². The van der Waals surface area contributed by atoms with Gasteiger partial charge in [0.05, 0.1) is 23.6 Å². The van der Waals surface area contributed by atoms with Crippen LogP contribution < -0.4 is 5.73 Å². The number of carbonyl (C=O) groups excluding carboxylic acids is 1. The zero-order valence-corrected chi connectivity index (χ0v) is 15.0. The van der Waals surface area contributed by atoms with E-state index in [2.05, 4.69) is 4.99 Å². The fourth-order valence-corrected chi connectivity index (χ4v) is 4.44. The molecule has 0 bridgehead atoms. The number of nitrogens with zero attached hydrogens (tertiary/aromatic N) is 3. The molecule has 1 fully saturated rings. The maximum Gasteiger partial charge on any atom is 0.234 e. The van der Waals surface area contributed by atoms with Crippen molar-refractivity contribution in [3.63, 3.8) is 0 Å². The lowest BCUT2D eigenvalue weighted by Gasteiger charge is -2.32. The van der Waals surface area contributed by atoms with Crippen LogP contribution in [0.25, 0.3) is 11.1 Å². The quantitative estimate of drug-likeness (QED) is 0.872. The molecule has 2 atom stereocenters. The van der Waals surface area contributed by atoms with Crippen LogP contribution in [0, 0.1) is 23.2 Å². The van der Waals surface area contributed by atoms with Crippen LogP contribution in [0.15, 0.2) is 34.6 Å². The Balaban J connectivity index is 1.72. The Kier molecular flexibility index (Phi) is 3.93. The number of carbonyl (C=O) groups is 1. The molecule has 0 spiro atoms. The van der Waals surface area contributed by atoms with Crippen molar-refractivity contribution in [3.05, 3.63) is 40.1 Å². The molecule has 6 nitrogen and oxygen atoms in total. The minimum atomic E-state index is -0.266. The molecule has 3 N–H and O–H groups in total. The van der Waals surface area contributed by atoms with Crippen molar-refractivity contribution in [2.75, 3.05) is 7.05 Å². The predicted molar refractivity (Wildman–Crippen MR) is 99.5 cm³/mol. The number of hydrogen-bond acceptors (Lipinski definition) is 6. The Bertz CT molecular complexity index is 955. The normalized spacial score (nSPS) is 22.8. The highest BCUT2D eigenvalue weighted by Crippen LogP contribution is 2.48. The molecule has 2 aliphatic rings. The van der Waals surface area contributed by atoms with Crippen molar-refractivity contribution in [2.24, 2.45) is 22.6 Å². The molecule has 2 aromatic rings. The Morgan fingerprint density at radius 3 is 2.77 bits per heavy atom. The van der Waals surface area contributed by atoms with Gasteiger partial charge in [-0.25, -0.2) is 4.99 Å². The summed E-state index contributed by atoms with van der Waals surface area (Å²) >= 11 is 1.53. The van der Waals surface area contributed by atoms with Crippen molar-refractivity contribution in [2.45, 2.75) is 18.9 Å². The molecule has 1 saturated carbocycles. The predicted octanol–water partition coefficient (Wildman–Crippen LogP) is 2.85. The molecule has 2 heterocycles. The number of hydrogen-bond donors (Lipinski definition) is 2. The standard InChI is InChI=1S/C19H18N4O2S/c1-23-18(25)16(11-2-3-11)17(22-19(23)21)15-7-13(9-26-15)12-4-10(8-20)5-14(24)6-12/h4-7,9,11,16-17,24H,2-3H2,1H3,(H2,21,22)/t16-,17+/m0/s1. The van der Waals surface area contributed by atoms with Gasteiger partial charge in [0.2, 0.25) is 5.91 Å². The van der Waals surface area contributed by atoms with Gasteiger partial charge in [0, 0.05) is 11.9 Å². The van der Waals surface area contributed by atoms with E-state index in [4.69, 9.17) is 11.0 Å². The van der Waals surface area contributed by atoms with Crippen LogP contribution in [0.2, 0.25) is 0 Å². The average Bonchev–Trinajstić information content (AvgIpc) is 3.33. The van der Waals surface area contributed by atoms with Gasteiger partial charge >= 0.3 is 0 Å². The number of phenolic OH excluding ortho intramolecular Hbond substituents is 1. The second-order valence-electron chi connectivity index (χ2n) is 6.81. The van der Waals surface area contributed by atoms with Gasteiger partial charge in [-0.2, -0.15) is 5.26 Å². The Hall–Kier alpha value is -2.85. The van der Waals surface area contributed by atoms with Gasteiger partial charge in [0.15, 0.2) is 5.96 Å². The number of nitriles is 1. The highest BCUT2D eigenvalue weighted by molar-refractivity contribution is 7.10. The van der Waals surface area contributed by atoms with E-state index in [-0.39, 0.29) is 29.6 Å². The smallest absolute Gasteiger partial charge is 0.234 e. The zero-order chi connectivity index (χ0) is 18.4. The largest absolute Gasteiger partial charge is 0.508 e. The number of amides is 1. The van der Waals surface area contributed by atoms with Gasteiger partial charge in [0.25, 0.3) is 0 Å². The number of guanidine groups is 1. The van der Waals surface area contributed by atoms with E-state index in [1.54, 1.807) is 19.2 Å². The summed E-state index contributed by atoms with van der Waals surface area (Å²) in [5.74, 6) is 0.528. The van der Waals surface area contributed by atoms with E-state index in [0.717, 1.165) is 28.8 Å². The van der Waals surface area contributed by atoms with Crippen LogP contribution in [0.4, 0.5) is 0 Å². The van der Waals surface area contributed by atoms with Crippen molar-refractivity contribution < 1.29 is 9.90 Å². The highest BCUT2D eigenvalue weighted by atomic mass is 32.1. The first-order chi connectivity index (χ1) is 12.5. The third-order valence-corrected chi connectivity index (χ3v) is 6.00. The molecule has 26 heavy (non-hydrogen) atoms. The lowest BCUT2D eigenvalue weighted by Crippen LogP contribution is -2.48. The van der Waals surface area contributed by atoms with Gasteiger partial charge in [-0.15, -0.1) is 11.3 Å². The lowest BCUT2D eigenvalue weighted by molar-refractivity contribution is -0.133. The molecule has 1 aliphatic heterocycles. The van der Waals surface area contributed by atoms with Crippen LogP contribution in [-0.2, 0) is 4.79 Å². The lowest BCUT2D eigenvalue weighted by atomic mass is 9.90. The number of nitrogens with two attached hydrogens (primary N) is 1. The number of phenols is 1. The molecule has 7 heteroatoms. The number of aliphatic imine (C=N–C) groups is 1. The fraction of sp³-hybridized carbons (Fsp3) is 0.316. The number of benzene rings is 1. The molecule has 1 amide bonds. The first-order valence-electron chi connectivity index (χ1n) is 8.41. The van der Waals surface area contributed by atoms with E-state index in [0.29, 0.717) is 11.5 Å². The molecule has 1 aliphatic carbocycles. The van der Waals surface area contributed by atoms with Crippen molar-refractivity contribution in [1.82, 2.24) is 4.90 Å². The fourth-order valence-electron chi connectivity index (χ4n) is 3.44. The maximum atomic E-state index is 12.7. The van der Waals surface area contributed by atoms with Crippen molar-refractivity contribution in [3.8, 4) is 22.9 Å². The molecule has 0 radical (unpaired) electrons. The van der Waals surface area contributed by atoms with Gasteiger partial charge in [0.1, 0.15) is 5.75 Å². The topological polar surface area (TPSA) is 103 Å². The molecule has 132 valence electrons. The summed E-state index contributed by atoms with van der Waals surface area (Å²) in [6, 6.07) is 8.56. The average molecular weight is 366 g/mol. The summed E-state index contributed by atoms with van der Waals surface area (Å²) in [5, 5.41) is 20.9. The van der Waals surface area contributed by atoms with E-state index < -0.39 is 0 Å². The molecule has 0 unspecified atom stereocenters. The monoisotopic (exact) mass is 366 g/mol. The third-order valence-electron chi connectivity index (χ3n) is 4.99. The summed E-state index contributed by atoms with van der Waals surface area (Å²) in [4.78, 5) is 19.7. The minimum Gasteiger partial charge on any atom is -0.508 e. The van der Waals surface area contributed by atoms with Gasteiger partial charge in [-0.05, 0) is 59.5 Å². The number of rotatable bonds is 3. The van der Waals surface area contributed by atoms with E-state index in [1.807, 2.05) is 17.5 Å². The van der Waals surface area contributed by atoms with E-state index >= 15 is 0 Å². The molecule has 0 saturated heterocycles. The first-order valence-corrected chi connectivity index (χ1v) is 9.29. The molecule has 1 aromatic carbocycles. The van der Waals surface area contributed by atoms with E-state index in [9.17, 15) is 9.90 Å². The van der Waals surface area contributed by atoms with Gasteiger partial charge < -0.3 is 10.8 Å². The molecule has 1 aromatic heterocycles. The maximum absolute atomic E-state index is 12.7. The van der Waals surface area contributed by atoms with Gasteiger partial charge in [-0.3, -0.25) is 9.69 Å². The van der Waals surface area contributed by atoms with Crippen LogP contribution in [0.5, 0.6) is 5.75 Å². The Labute approximate surface area is 155 Å². The summed E-state index contributed by atoms with van der Waals surface area (Å²) in [6.07, 6.45) is 2.10. The number of thiophene rings is 1. The Morgan fingerprint density at radius 1 is 1.31 bits per heavy atom. The van der Waals surface area contributed by atoms with Crippen molar-refractivity contribution in [1.29, 1.82) is 5.26 Å². The second-order valence-corrected chi connectivity index (χ2v) is 7.75. The summed E-state index contributed by atoms with van der Waals surface area (Å²) < 4.78 is 0. The van der Waals surface area contributed by atoms with E-state index in [1.165, 1.54) is 22.3 Å². The molecular weight excluding hydrogens is 348 g/mol. The summed E-state index contributed by atoms with van der Waals surface area (Å²) in [7, 11) is 1.67. The first kappa shape index (κ1) is 16.6. The molecule has 4 rings (SSSR count). The van der Waals surface area contributed by atoms with Gasteiger partial charge in [-0.1, -0.05) is 0 Å². The highest BCUT2D eigenvalue weighted by Gasteiger charge is 2.46. The summed E-state index contributed by atoms with van der Waals surface area (Å²) in [5.41, 5.74) is 8.01. The minimum absolute atomic E-state index is 0.0315. The third kappa shape index (κ3) is 2.82. The second kappa shape index (κ2) is 6.15. The number of aromatic hydroxyl groups is 1. The van der Waals surface area contributed by atoms with Crippen LogP contribution in [0.3, 0.4) is 0 Å². The zero-order valence-electron chi connectivity index (χ0n) is 14.2. The molecular formula is C19H18N4O2S. The summed E-state index contributed by atoms with van der Waals surface area (Å²) in [6.45, 7) is 0. The SMILES string of the molecule is CN1C(=O)[C@@H](C2CC2)[C@@H](c2cc(-c3cc(O)cc(C#N)c3)cs2)N=C1N. The Morgan fingerprint density at radius 2 is 2.08 bits per heavy atom. The van der Waals surface area contributed by atoms with Crippen molar-refractivity contribution >= 4 is 23.2 Å². The van der Waals surface area contributed by atoms with Crippen LogP contribution in [-0.4, -0.2) is 28.9 Å².